The Bertz CT molecular complexity index is 749. The van der Waals surface area contributed by atoms with Gasteiger partial charge >= 0.3 is 0 Å². The maximum absolute atomic E-state index is 12.2. The molecule has 0 aliphatic rings. The zero-order chi connectivity index (χ0) is 18.8. The predicted molar refractivity (Wildman–Crippen MR) is 102 cm³/mol. The molecule has 0 aliphatic carbocycles. The number of hydrogen-bond acceptors (Lipinski definition) is 3. The highest BCUT2D eigenvalue weighted by Gasteiger charge is 2.11. The minimum Gasteiger partial charge on any atom is -0.493 e. The normalized spacial score (nSPS) is 10.2. The summed E-state index contributed by atoms with van der Waals surface area (Å²) < 4.78 is 5.45. The van der Waals surface area contributed by atoms with Crippen LogP contribution >= 0.6 is 11.6 Å². The quantitative estimate of drug-likeness (QED) is 0.659. The Labute approximate surface area is 158 Å². The summed E-state index contributed by atoms with van der Waals surface area (Å²) in [6.45, 7) is 3.23. The molecule has 0 atom stereocenters. The summed E-state index contributed by atoms with van der Waals surface area (Å²) in [5, 5.41) is 6.30. The van der Waals surface area contributed by atoms with Crippen LogP contribution in [-0.2, 0) is 11.3 Å². The fourth-order valence-electron chi connectivity index (χ4n) is 2.42. The molecule has 6 heteroatoms. The molecule has 2 aromatic rings. The number of nitrogens with one attached hydrogen (secondary N) is 2. The molecule has 138 valence electrons. The molecule has 2 aromatic carbocycles. The number of benzene rings is 2. The van der Waals surface area contributed by atoms with E-state index in [-0.39, 0.29) is 11.8 Å². The summed E-state index contributed by atoms with van der Waals surface area (Å²) in [5.74, 6) is 0.300. The Hall–Kier alpha value is -2.53. The van der Waals surface area contributed by atoms with Gasteiger partial charge in [-0.15, -0.1) is 0 Å². The summed E-state index contributed by atoms with van der Waals surface area (Å²) in [7, 11) is 0. The highest BCUT2D eigenvalue weighted by Crippen LogP contribution is 2.17. The molecule has 0 aliphatic heterocycles. The van der Waals surface area contributed by atoms with Crippen molar-refractivity contribution >= 4 is 23.4 Å². The zero-order valence-electron chi connectivity index (χ0n) is 14.8. The SMILES string of the molecule is CCOc1ccccc1C(=O)NCCCC(=O)NCc1cccc(Cl)c1. The molecule has 2 amide bonds. The van der Waals surface area contributed by atoms with Crippen LogP contribution in [0, 0.1) is 0 Å². The Morgan fingerprint density at radius 2 is 1.88 bits per heavy atom. The second-order valence-electron chi connectivity index (χ2n) is 5.70. The molecular weight excluding hydrogens is 352 g/mol. The molecule has 26 heavy (non-hydrogen) atoms. The van der Waals surface area contributed by atoms with E-state index in [0.717, 1.165) is 5.56 Å². The van der Waals surface area contributed by atoms with Crippen LogP contribution in [0.25, 0.3) is 0 Å². The van der Waals surface area contributed by atoms with E-state index in [1.54, 1.807) is 24.3 Å². The van der Waals surface area contributed by atoms with Gasteiger partial charge in [-0.25, -0.2) is 0 Å². The number of carbonyl (C=O) groups is 2. The molecule has 0 aromatic heterocycles. The summed E-state index contributed by atoms with van der Waals surface area (Å²) in [6.07, 6.45) is 0.901. The first kappa shape index (κ1) is 19.8. The monoisotopic (exact) mass is 374 g/mol. The highest BCUT2D eigenvalue weighted by molar-refractivity contribution is 6.30. The largest absolute Gasteiger partial charge is 0.493 e. The van der Waals surface area contributed by atoms with Crippen LogP contribution in [0.15, 0.2) is 48.5 Å². The van der Waals surface area contributed by atoms with Gasteiger partial charge < -0.3 is 15.4 Å². The van der Waals surface area contributed by atoms with Crippen LogP contribution in [0.3, 0.4) is 0 Å². The molecule has 0 unspecified atom stereocenters. The van der Waals surface area contributed by atoms with Gasteiger partial charge in [0.2, 0.25) is 5.91 Å². The van der Waals surface area contributed by atoms with Crippen molar-refractivity contribution in [2.45, 2.75) is 26.3 Å². The van der Waals surface area contributed by atoms with Crippen molar-refractivity contribution in [3.63, 3.8) is 0 Å². The van der Waals surface area contributed by atoms with Gasteiger partial charge in [-0.3, -0.25) is 9.59 Å². The predicted octanol–water partition coefficient (Wildman–Crippen LogP) is 3.57. The molecule has 0 bridgehead atoms. The fraction of sp³-hybridized carbons (Fsp3) is 0.300. The van der Waals surface area contributed by atoms with E-state index >= 15 is 0 Å². The average molecular weight is 375 g/mol. The number of amides is 2. The molecule has 0 saturated heterocycles. The van der Waals surface area contributed by atoms with E-state index in [1.807, 2.05) is 31.2 Å². The lowest BCUT2D eigenvalue weighted by Gasteiger charge is -2.10. The number of hydrogen-bond donors (Lipinski definition) is 2. The van der Waals surface area contributed by atoms with Crippen LogP contribution in [0.2, 0.25) is 5.02 Å². The Kier molecular flexibility index (Phi) is 7.96. The highest BCUT2D eigenvalue weighted by atomic mass is 35.5. The average Bonchev–Trinajstić information content (AvgIpc) is 2.64. The number of halogens is 1. The van der Waals surface area contributed by atoms with E-state index in [4.69, 9.17) is 16.3 Å². The van der Waals surface area contributed by atoms with Gasteiger partial charge in [-0.05, 0) is 43.2 Å². The van der Waals surface area contributed by atoms with Crippen molar-refractivity contribution in [2.75, 3.05) is 13.2 Å². The van der Waals surface area contributed by atoms with Gasteiger partial charge in [0.15, 0.2) is 0 Å². The lowest BCUT2D eigenvalue weighted by atomic mass is 10.2. The number of rotatable bonds is 9. The van der Waals surface area contributed by atoms with Crippen molar-refractivity contribution in [2.24, 2.45) is 0 Å². The third-order valence-electron chi connectivity index (χ3n) is 3.68. The summed E-state index contributed by atoms with van der Waals surface area (Å²) in [6, 6.07) is 14.5. The summed E-state index contributed by atoms with van der Waals surface area (Å²) in [5.41, 5.74) is 1.45. The Morgan fingerprint density at radius 1 is 1.08 bits per heavy atom. The lowest BCUT2D eigenvalue weighted by Crippen LogP contribution is -2.27. The first-order valence-electron chi connectivity index (χ1n) is 8.61. The molecule has 0 saturated carbocycles. The third kappa shape index (κ3) is 6.41. The molecule has 2 N–H and O–H groups in total. The van der Waals surface area contributed by atoms with E-state index in [9.17, 15) is 9.59 Å². The molecule has 0 fully saturated rings. The van der Waals surface area contributed by atoms with E-state index in [0.29, 0.717) is 48.9 Å². The number of para-hydroxylation sites is 1. The van der Waals surface area contributed by atoms with Crippen LogP contribution < -0.4 is 15.4 Å². The zero-order valence-corrected chi connectivity index (χ0v) is 15.5. The Morgan fingerprint density at radius 3 is 2.65 bits per heavy atom. The van der Waals surface area contributed by atoms with Crippen LogP contribution in [0.4, 0.5) is 0 Å². The summed E-state index contributed by atoms with van der Waals surface area (Å²) >= 11 is 5.91. The molecule has 5 nitrogen and oxygen atoms in total. The van der Waals surface area contributed by atoms with E-state index < -0.39 is 0 Å². The maximum Gasteiger partial charge on any atom is 0.255 e. The molecule has 0 radical (unpaired) electrons. The molecule has 0 spiro atoms. The van der Waals surface area contributed by atoms with Crippen LogP contribution in [-0.4, -0.2) is 25.0 Å². The number of ether oxygens (including phenoxy) is 1. The first-order valence-corrected chi connectivity index (χ1v) is 8.99. The van der Waals surface area contributed by atoms with Gasteiger partial charge in [-0.1, -0.05) is 35.9 Å². The Balaban J connectivity index is 1.69. The van der Waals surface area contributed by atoms with Gasteiger partial charge in [-0.2, -0.15) is 0 Å². The maximum atomic E-state index is 12.2. The second-order valence-corrected chi connectivity index (χ2v) is 6.13. The lowest BCUT2D eigenvalue weighted by molar-refractivity contribution is -0.121. The van der Waals surface area contributed by atoms with E-state index in [2.05, 4.69) is 10.6 Å². The van der Waals surface area contributed by atoms with Crippen molar-refractivity contribution in [1.29, 1.82) is 0 Å². The number of carbonyl (C=O) groups excluding carboxylic acids is 2. The topological polar surface area (TPSA) is 67.4 Å². The van der Waals surface area contributed by atoms with Crippen molar-refractivity contribution in [3.05, 3.63) is 64.7 Å². The molecular formula is C20H23ClN2O3. The minimum atomic E-state index is -0.201. The van der Waals surface area contributed by atoms with Crippen molar-refractivity contribution in [1.82, 2.24) is 10.6 Å². The van der Waals surface area contributed by atoms with Gasteiger partial charge in [0.1, 0.15) is 5.75 Å². The first-order chi connectivity index (χ1) is 12.6. The van der Waals surface area contributed by atoms with Gasteiger partial charge in [0, 0.05) is 24.5 Å². The minimum absolute atomic E-state index is 0.0612. The molecule has 0 heterocycles. The van der Waals surface area contributed by atoms with Crippen molar-refractivity contribution in [3.8, 4) is 5.75 Å². The van der Waals surface area contributed by atoms with Gasteiger partial charge in [0.05, 0.1) is 12.2 Å². The van der Waals surface area contributed by atoms with Crippen LogP contribution in [0.5, 0.6) is 5.75 Å². The van der Waals surface area contributed by atoms with Gasteiger partial charge in [0.25, 0.3) is 5.91 Å². The second kappa shape index (κ2) is 10.5. The standard InChI is InChI=1S/C20H23ClN2O3/c1-2-26-18-10-4-3-9-17(18)20(25)22-12-6-11-19(24)23-14-15-7-5-8-16(21)13-15/h3-5,7-10,13H,2,6,11-12,14H2,1H3,(H,22,25)(H,23,24). The smallest absolute Gasteiger partial charge is 0.255 e. The third-order valence-corrected chi connectivity index (χ3v) is 3.91. The fourth-order valence-corrected chi connectivity index (χ4v) is 2.63. The van der Waals surface area contributed by atoms with Crippen molar-refractivity contribution < 1.29 is 14.3 Å². The van der Waals surface area contributed by atoms with Crippen LogP contribution in [0.1, 0.15) is 35.7 Å². The summed E-state index contributed by atoms with van der Waals surface area (Å²) in [4.78, 5) is 24.1. The van der Waals surface area contributed by atoms with E-state index in [1.165, 1.54) is 0 Å². The molecule has 2 rings (SSSR count).